The minimum atomic E-state index is 0.577. The van der Waals surface area contributed by atoms with Gasteiger partial charge in [-0.1, -0.05) is 6.92 Å². The van der Waals surface area contributed by atoms with Crippen LogP contribution in [-0.4, -0.2) is 52.3 Å². The Kier molecular flexibility index (Phi) is 6.58. The molecule has 1 atom stereocenters. The molecule has 6 heteroatoms. The summed E-state index contributed by atoms with van der Waals surface area (Å²) >= 11 is 0. The van der Waals surface area contributed by atoms with E-state index in [-0.39, 0.29) is 0 Å². The van der Waals surface area contributed by atoms with Gasteiger partial charge in [0.05, 0.1) is 33.4 Å². The normalized spacial score (nSPS) is 18.3. The molecular weight excluding hydrogens is 306 g/mol. The summed E-state index contributed by atoms with van der Waals surface area (Å²) in [6.45, 7) is 4.94. The first kappa shape index (κ1) is 18.2. The van der Waals surface area contributed by atoms with Crippen LogP contribution in [0.4, 0.5) is 0 Å². The molecule has 0 radical (unpaired) electrons. The fraction of sp³-hybridized carbons (Fsp3) is 0.611. The molecule has 134 valence electrons. The van der Waals surface area contributed by atoms with E-state index in [1.807, 2.05) is 19.2 Å². The molecule has 0 saturated carbocycles. The van der Waals surface area contributed by atoms with Crippen molar-refractivity contribution in [2.75, 3.05) is 41.5 Å². The SMILES string of the molecule is CN=C(NCc1c(OC)cc(OC)cc1OC)N1CCCC(C)C1. The molecule has 0 amide bonds. The number of piperidine rings is 1. The topological polar surface area (TPSA) is 55.3 Å². The third-order valence-electron chi connectivity index (χ3n) is 4.41. The summed E-state index contributed by atoms with van der Waals surface area (Å²) in [6.07, 6.45) is 2.49. The Labute approximate surface area is 144 Å². The third-order valence-corrected chi connectivity index (χ3v) is 4.41. The molecule has 24 heavy (non-hydrogen) atoms. The van der Waals surface area contributed by atoms with Gasteiger partial charge in [-0.15, -0.1) is 0 Å². The highest BCUT2D eigenvalue weighted by Gasteiger charge is 2.20. The lowest BCUT2D eigenvalue weighted by Gasteiger charge is -2.33. The molecule has 1 aromatic rings. The minimum Gasteiger partial charge on any atom is -0.496 e. The summed E-state index contributed by atoms with van der Waals surface area (Å²) in [5, 5.41) is 3.44. The van der Waals surface area contributed by atoms with Gasteiger partial charge < -0.3 is 24.4 Å². The van der Waals surface area contributed by atoms with Crippen molar-refractivity contribution in [2.24, 2.45) is 10.9 Å². The second kappa shape index (κ2) is 8.66. The lowest BCUT2D eigenvalue weighted by atomic mass is 10.0. The highest BCUT2D eigenvalue weighted by molar-refractivity contribution is 5.80. The summed E-state index contributed by atoms with van der Waals surface area (Å²) < 4.78 is 16.3. The molecule has 1 N–H and O–H groups in total. The molecular formula is C18H29N3O3. The molecule has 0 aliphatic carbocycles. The van der Waals surface area contributed by atoms with E-state index in [1.54, 1.807) is 21.3 Å². The first-order valence-corrected chi connectivity index (χ1v) is 8.37. The number of aliphatic imine (C=N–C) groups is 1. The number of rotatable bonds is 5. The van der Waals surface area contributed by atoms with E-state index < -0.39 is 0 Å². The average Bonchev–Trinajstić information content (AvgIpc) is 2.61. The second-order valence-electron chi connectivity index (χ2n) is 6.10. The van der Waals surface area contributed by atoms with Crippen molar-refractivity contribution >= 4 is 5.96 Å². The molecule has 1 aromatic carbocycles. The highest BCUT2D eigenvalue weighted by atomic mass is 16.5. The highest BCUT2D eigenvalue weighted by Crippen LogP contribution is 2.33. The zero-order valence-electron chi connectivity index (χ0n) is 15.4. The zero-order chi connectivity index (χ0) is 17.5. The first-order valence-electron chi connectivity index (χ1n) is 8.37. The maximum Gasteiger partial charge on any atom is 0.193 e. The van der Waals surface area contributed by atoms with Gasteiger partial charge in [0, 0.05) is 32.3 Å². The molecule has 6 nitrogen and oxygen atoms in total. The first-order chi connectivity index (χ1) is 11.6. The number of benzene rings is 1. The van der Waals surface area contributed by atoms with Gasteiger partial charge in [0.25, 0.3) is 0 Å². The maximum atomic E-state index is 5.51. The molecule has 2 rings (SSSR count). The summed E-state index contributed by atoms with van der Waals surface area (Å²) in [5.74, 6) is 3.80. The molecule has 0 bridgehead atoms. The third kappa shape index (κ3) is 4.24. The maximum absolute atomic E-state index is 5.51. The lowest BCUT2D eigenvalue weighted by molar-refractivity contribution is 0.265. The summed E-state index contributed by atoms with van der Waals surface area (Å²) in [4.78, 5) is 6.75. The van der Waals surface area contributed by atoms with Crippen molar-refractivity contribution in [1.82, 2.24) is 10.2 Å². The van der Waals surface area contributed by atoms with Gasteiger partial charge in [-0.25, -0.2) is 0 Å². The Morgan fingerprint density at radius 3 is 2.38 bits per heavy atom. The summed E-state index contributed by atoms with van der Waals surface area (Å²) in [6, 6.07) is 3.73. The Hall–Kier alpha value is -2.11. The Morgan fingerprint density at radius 1 is 1.21 bits per heavy atom. The molecule has 1 saturated heterocycles. The average molecular weight is 335 g/mol. The quantitative estimate of drug-likeness (QED) is 0.662. The van der Waals surface area contributed by atoms with Gasteiger partial charge in [-0.3, -0.25) is 4.99 Å². The Bertz CT molecular complexity index is 550. The van der Waals surface area contributed by atoms with E-state index in [2.05, 4.69) is 22.1 Å². The van der Waals surface area contributed by atoms with Crippen LogP contribution in [0.15, 0.2) is 17.1 Å². The van der Waals surface area contributed by atoms with E-state index in [9.17, 15) is 0 Å². The summed E-state index contributed by atoms with van der Waals surface area (Å²) in [5.41, 5.74) is 0.951. The van der Waals surface area contributed by atoms with Crippen LogP contribution in [0.3, 0.4) is 0 Å². The fourth-order valence-corrected chi connectivity index (χ4v) is 3.13. The van der Waals surface area contributed by atoms with Crippen molar-refractivity contribution in [3.05, 3.63) is 17.7 Å². The van der Waals surface area contributed by atoms with Gasteiger partial charge in [0.15, 0.2) is 5.96 Å². The number of nitrogens with one attached hydrogen (secondary N) is 1. The van der Waals surface area contributed by atoms with E-state index in [4.69, 9.17) is 14.2 Å². The predicted molar refractivity (Wildman–Crippen MR) is 96.3 cm³/mol. The van der Waals surface area contributed by atoms with Gasteiger partial charge in [-0.05, 0) is 18.8 Å². The molecule has 1 aliphatic heterocycles. The van der Waals surface area contributed by atoms with E-state index in [1.165, 1.54) is 12.8 Å². The monoisotopic (exact) mass is 335 g/mol. The van der Waals surface area contributed by atoms with Crippen molar-refractivity contribution < 1.29 is 14.2 Å². The second-order valence-corrected chi connectivity index (χ2v) is 6.10. The number of likely N-dealkylation sites (tertiary alicyclic amines) is 1. The van der Waals surface area contributed by atoms with Crippen LogP contribution in [0.5, 0.6) is 17.2 Å². The molecule has 0 aromatic heterocycles. The lowest BCUT2D eigenvalue weighted by Crippen LogP contribution is -2.45. The van der Waals surface area contributed by atoms with Crippen LogP contribution in [0.1, 0.15) is 25.3 Å². The number of methoxy groups -OCH3 is 3. The summed E-state index contributed by atoms with van der Waals surface area (Å²) in [7, 11) is 6.76. The van der Waals surface area contributed by atoms with Crippen molar-refractivity contribution in [2.45, 2.75) is 26.3 Å². The van der Waals surface area contributed by atoms with Crippen LogP contribution in [-0.2, 0) is 6.54 Å². The smallest absolute Gasteiger partial charge is 0.193 e. The van der Waals surface area contributed by atoms with Crippen molar-refractivity contribution in [1.29, 1.82) is 0 Å². The standard InChI is InChI=1S/C18H29N3O3/c1-13-7-6-8-21(12-13)18(19-2)20-11-15-16(23-4)9-14(22-3)10-17(15)24-5/h9-10,13H,6-8,11-12H2,1-5H3,(H,19,20). The van der Waals surface area contributed by atoms with E-state index >= 15 is 0 Å². The van der Waals surface area contributed by atoms with Crippen LogP contribution in [0, 0.1) is 5.92 Å². The Balaban J connectivity index is 2.15. The van der Waals surface area contributed by atoms with Crippen LogP contribution in [0.25, 0.3) is 0 Å². The molecule has 1 unspecified atom stereocenters. The largest absolute Gasteiger partial charge is 0.496 e. The Morgan fingerprint density at radius 2 is 1.88 bits per heavy atom. The van der Waals surface area contributed by atoms with Gasteiger partial charge >= 0.3 is 0 Å². The van der Waals surface area contributed by atoms with E-state index in [0.29, 0.717) is 18.2 Å². The number of hydrogen-bond acceptors (Lipinski definition) is 4. The van der Waals surface area contributed by atoms with Crippen molar-refractivity contribution in [3.8, 4) is 17.2 Å². The number of ether oxygens (including phenoxy) is 3. The van der Waals surface area contributed by atoms with Gasteiger partial charge in [0.2, 0.25) is 0 Å². The molecule has 1 heterocycles. The van der Waals surface area contributed by atoms with Gasteiger partial charge in [-0.2, -0.15) is 0 Å². The minimum absolute atomic E-state index is 0.577. The predicted octanol–water partition coefficient (Wildman–Crippen LogP) is 2.52. The zero-order valence-corrected chi connectivity index (χ0v) is 15.4. The van der Waals surface area contributed by atoms with Gasteiger partial charge in [0.1, 0.15) is 17.2 Å². The van der Waals surface area contributed by atoms with E-state index in [0.717, 1.165) is 36.1 Å². The van der Waals surface area contributed by atoms with Crippen LogP contribution < -0.4 is 19.5 Å². The molecule has 0 spiro atoms. The molecule has 1 aliphatic rings. The fourth-order valence-electron chi connectivity index (χ4n) is 3.13. The number of hydrogen-bond donors (Lipinski definition) is 1. The van der Waals surface area contributed by atoms with Crippen molar-refractivity contribution in [3.63, 3.8) is 0 Å². The molecule has 1 fully saturated rings. The van der Waals surface area contributed by atoms with Crippen LogP contribution >= 0.6 is 0 Å². The number of guanidine groups is 1. The van der Waals surface area contributed by atoms with Crippen LogP contribution in [0.2, 0.25) is 0 Å². The number of nitrogens with zero attached hydrogens (tertiary/aromatic N) is 2.